The molecule has 2 aromatic carbocycles. The van der Waals surface area contributed by atoms with Crippen LogP contribution in [0.4, 0.5) is 0 Å². The number of aryl methyl sites for hydroxylation is 1. The van der Waals surface area contributed by atoms with Crippen LogP contribution in [0, 0.1) is 6.92 Å². The van der Waals surface area contributed by atoms with Gasteiger partial charge >= 0.3 is 0 Å². The Morgan fingerprint density at radius 2 is 1.72 bits per heavy atom. The van der Waals surface area contributed by atoms with Crippen molar-refractivity contribution in [2.75, 3.05) is 0 Å². The second kappa shape index (κ2) is 7.25. The highest BCUT2D eigenvalue weighted by molar-refractivity contribution is 8.00. The fraction of sp³-hybridized carbons (Fsp3) is 0.100. The van der Waals surface area contributed by atoms with Crippen molar-refractivity contribution in [2.24, 2.45) is 0 Å². The molecule has 0 bridgehead atoms. The zero-order chi connectivity index (χ0) is 17.1. The van der Waals surface area contributed by atoms with Crippen LogP contribution in [0.2, 0.25) is 0 Å². The lowest BCUT2D eigenvalue weighted by Crippen LogP contribution is -1.93. The van der Waals surface area contributed by atoms with Crippen LogP contribution in [0.15, 0.2) is 76.6 Å². The predicted molar refractivity (Wildman–Crippen MR) is 105 cm³/mol. The fourth-order valence-corrected chi connectivity index (χ4v) is 4.42. The quantitative estimate of drug-likeness (QED) is 0.433. The Morgan fingerprint density at radius 3 is 2.40 bits per heavy atom. The molecular weight excluding hydrogens is 346 g/mol. The number of hydrogen-bond acceptors (Lipinski definition) is 4. The highest BCUT2D eigenvalue weighted by Gasteiger charge is 2.13. The maximum Gasteiger partial charge on any atom is 0.150 e. The Morgan fingerprint density at radius 1 is 1.00 bits per heavy atom. The average Bonchev–Trinajstić information content (AvgIpc) is 3.28. The fourth-order valence-electron chi connectivity index (χ4n) is 2.61. The third-order valence-corrected chi connectivity index (χ3v) is 5.99. The van der Waals surface area contributed by atoms with Crippen LogP contribution in [0.25, 0.3) is 16.9 Å². The van der Waals surface area contributed by atoms with Gasteiger partial charge in [0.15, 0.2) is 0 Å². The number of para-hydroxylation sites is 1. The Kier molecular flexibility index (Phi) is 4.68. The van der Waals surface area contributed by atoms with Gasteiger partial charge in [0.25, 0.3) is 0 Å². The minimum atomic E-state index is 0.851. The second-order valence-corrected chi connectivity index (χ2v) is 7.77. The van der Waals surface area contributed by atoms with Crippen LogP contribution >= 0.6 is 23.1 Å². The van der Waals surface area contributed by atoms with Crippen LogP contribution in [0.5, 0.6) is 0 Å². The predicted octanol–water partition coefficient (Wildman–Crippen LogP) is 5.60. The first-order valence-corrected chi connectivity index (χ1v) is 9.90. The van der Waals surface area contributed by atoms with E-state index in [1.54, 1.807) is 23.1 Å². The molecule has 4 aromatic rings. The highest BCUT2D eigenvalue weighted by atomic mass is 32.2. The largest absolute Gasteiger partial charge is 0.240 e. The highest BCUT2D eigenvalue weighted by Crippen LogP contribution is 2.31. The molecule has 0 atom stereocenters. The first-order chi connectivity index (χ1) is 12.3. The molecule has 4 rings (SSSR count). The molecule has 0 saturated heterocycles. The summed E-state index contributed by atoms with van der Waals surface area (Å²) in [4.78, 5) is 4.55. The molecule has 0 aliphatic heterocycles. The van der Waals surface area contributed by atoms with Gasteiger partial charge in [-0.15, -0.1) is 11.3 Å². The summed E-state index contributed by atoms with van der Waals surface area (Å²) in [5.74, 6) is 0.851. The van der Waals surface area contributed by atoms with Gasteiger partial charge in [-0.1, -0.05) is 60.3 Å². The number of hydrogen-bond donors (Lipinski definition) is 0. The molecule has 2 heterocycles. The zero-order valence-corrected chi connectivity index (χ0v) is 15.4. The van der Waals surface area contributed by atoms with Gasteiger partial charge in [0.1, 0.15) is 4.34 Å². The van der Waals surface area contributed by atoms with E-state index in [0.29, 0.717) is 0 Å². The molecule has 2 aromatic heterocycles. The molecular formula is C20H17N3S2. The number of thioether (sulfide) groups is 1. The summed E-state index contributed by atoms with van der Waals surface area (Å²) in [5, 5.41) is 6.95. The normalized spacial score (nSPS) is 10.9. The summed E-state index contributed by atoms with van der Waals surface area (Å²) < 4.78 is 3.06. The van der Waals surface area contributed by atoms with Crippen molar-refractivity contribution in [3.63, 3.8) is 0 Å². The van der Waals surface area contributed by atoms with Crippen molar-refractivity contribution in [3.8, 4) is 16.9 Å². The van der Waals surface area contributed by atoms with E-state index < -0.39 is 0 Å². The molecule has 0 saturated carbocycles. The van der Waals surface area contributed by atoms with Crippen LogP contribution in [0.3, 0.4) is 0 Å². The minimum Gasteiger partial charge on any atom is -0.240 e. The van der Waals surface area contributed by atoms with Gasteiger partial charge in [-0.3, -0.25) is 0 Å². The minimum absolute atomic E-state index is 0.851. The molecule has 0 amide bonds. The number of nitrogens with zero attached hydrogens (tertiary/aromatic N) is 3. The van der Waals surface area contributed by atoms with Gasteiger partial charge in [0, 0.05) is 34.2 Å². The van der Waals surface area contributed by atoms with Crippen LogP contribution < -0.4 is 0 Å². The molecule has 0 spiro atoms. The van der Waals surface area contributed by atoms with Crippen molar-refractivity contribution in [1.29, 1.82) is 0 Å². The zero-order valence-electron chi connectivity index (χ0n) is 13.8. The smallest absolute Gasteiger partial charge is 0.150 e. The van der Waals surface area contributed by atoms with E-state index in [4.69, 9.17) is 5.10 Å². The summed E-state index contributed by atoms with van der Waals surface area (Å²) in [6, 6.07) is 20.6. The van der Waals surface area contributed by atoms with E-state index in [9.17, 15) is 0 Å². The Hall–Kier alpha value is -2.37. The molecule has 0 aliphatic rings. The molecule has 25 heavy (non-hydrogen) atoms. The molecule has 0 fully saturated rings. The molecule has 0 aliphatic carbocycles. The van der Waals surface area contributed by atoms with Crippen molar-refractivity contribution in [1.82, 2.24) is 14.8 Å². The lowest BCUT2D eigenvalue weighted by atomic mass is 10.1. The van der Waals surface area contributed by atoms with Gasteiger partial charge in [0.2, 0.25) is 0 Å². The average molecular weight is 364 g/mol. The van der Waals surface area contributed by atoms with E-state index >= 15 is 0 Å². The Bertz CT molecular complexity index is 959. The molecule has 0 N–H and O–H groups in total. The Labute approximate surface area is 155 Å². The van der Waals surface area contributed by atoms with Crippen molar-refractivity contribution in [2.45, 2.75) is 17.0 Å². The van der Waals surface area contributed by atoms with E-state index in [1.165, 1.54) is 5.56 Å². The maximum atomic E-state index is 4.85. The van der Waals surface area contributed by atoms with Crippen molar-refractivity contribution >= 4 is 23.1 Å². The topological polar surface area (TPSA) is 30.7 Å². The molecule has 3 nitrogen and oxygen atoms in total. The standard InChI is InChI=1S/C20H17N3S2/c1-15-13-24-20(21-15)25-14-17-12-23(18-10-6-3-7-11-18)22-19(17)16-8-4-2-5-9-16/h2-13H,14H2,1H3. The van der Waals surface area contributed by atoms with Crippen LogP contribution in [-0.2, 0) is 5.75 Å². The third-order valence-electron chi connectivity index (χ3n) is 3.81. The van der Waals surface area contributed by atoms with E-state index in [2.05, 4.69) is 53.0 Å². The summed E-state index contributed by atoms with van der Waals surface area (Å²) in [6.45, 7) is 2.03. The van der Waals surface area contributed by atoms with E-state index in [1.807, 2.05) is 35.9 Å². The van der Waals surface area contributed by atoms with Gasteiger partial charge in [-0.05, 0) is 19.1 Å². The molecule has 5 heteroatoms. The van der Waals surface area contributed by atoms with E-state index in [-0.39, 0.29) is 0 Å². The summed E-state index contributed by atoms with van der Waals surface area (Å²) in [6.07, 6.45) is 2.13. The number of thiazole rings is 1. The van der Waals surface area contributed by atoms with Crippen molar-refractivity contribution in [3.05, 3.63) is 83.5 Å². The van der Waals surface area contributed by atoms with Gasteiger partial charge in [-0.25, -0.2) is 9.67 Å². The van der Waals surface area contributed by atoms with Gasteiger partial charge in [0.05, 0.1) is 11.4 Å². The summed E-state index contributed by atoms with van der Waals surface area (Å²) in [5.41, 5.74) is 5.54. The first-order valence-electron chi connectivity index (χ1n) is 8.04. The van der Waals surface area contributed by atoms with Gasteiger partial charge in [-0.2, -0.15) is 5.10 Å². The summed E-state index contributed by atoms with van der Waals surface area (Å²) in [7, 11) is 0. The molecule has 124 valence electrons. The maximum absolute atomic E-state index is 4.85. The van der Waals surface area contributed by atoms with Crippen molar-refractivity contribution < 1.29 is 0 Å². The van der Waals surface area contributed by atoms with Gasteiger partial charge < -0.3 is 0 Å². The molecule has 0 unspecified atom stereocenters. The van der Waals surface area contributed by atoms with Crippen LogP contribution in [0.1, 0.15) is 11.3 Å². The monoisotopic (exact) mass is 363 g/mol. The first kappa shape index (κ1) is 16.1. The third kappa shape index (κ3) is 3.67. The number of rotatable bonds is 5. The number of aromatic nitrogens is 3. The SMILES string of the molecule is Cc1csc(SCc2cn(-c3ccccc3)nc2-c2ccccc2)n1. The summed E-state index contributed by atoms with van der Waals surface area (Å²) >= 11 is 3.46. The second-order valence-electron chi connectivity index (χ2n) is 5.69. The van der Waals surface area contributed by atoms with Crippen LogP contribution in [-0.4, -0.2) is 14.8 Å². The molecule has 0 radical (unpaired) electrons. The lowest BCUT2D eigenvalue weighted by Gasteiger charge is -2.01. The number of benzene rings is 2. The Balaban J connectivity index is 1.69. The van der Waals surface area contributed by atoms with E-state index in [0.717, 1.165) is 32.7 Å². The lowest BCUT2D eigenvalue weighted by molar-refractivity contribution is 0.884.